The largest absolute Gasteiger partial charge is 0.376 e. The third-order valence-corrected chi connectivity index (χ3v) is 7.70. The van der Waals surface area contributed by atoms with E-state index in [-0.39, 0.29) is 23.3 Å². The zero-order chi connectivity index (χ0) is 19.1. The van der Waals surface area contributed by atoms with E-state index in [4.69, 9.17) is 4.74 Å². The zero-order valence-electron chi connectivity index (χ0n) is 16.1. The predicted molar refractivity (Wildman–Crippen MR) is 110 cm³/mol. The van der Waals surface area contributed by atoms with Gasteiger partial charge in [-0.3, -0.25) is 9.59 Å². The number of carbonyl (C=O) groups is 2. The minimum Gasteiger partial charge on any atom is -0.376 e. The Morgan fingerprint density at radius 1 is 1.25 bits per heavy atom. The van der Waals surface area contributed by atoms with Crippen molar-refractivity contribution in [1.29, 1.82) is 0 Å². The Kier molecular flexibility index (Phi) is 4.63. The van der Waals surface area contributed by atoms with Gasteiger partial charge in [0, 0.05) is 49.3 Å². The molecule has 3 saturated heterocycles. The number of likely N-dealkylation sites (tertiary alicyclic amines) is 2. The van der Waals surface area contributed by atoms with Crippen LogP contribution in [0.3, 0.4) is 0 Å². The van der Waals surface area contributed by atoms with Crippen LogP contribution >= 0.6 is 11.3 Å². The summed E-state index contributed by atoms with van der Waals surface area (Å²) in [5, 5.41) is 1.13. The van der Waals surface area contributed by atoms with E-state index >= 15 is 0 Å². The van der Waals surface area contributed by atoms with E-state index in [0.717, 1.165) is 73.4 Å². The maximum Gasteiger partial charge on any atom is 0.263 e. The molecule has 0 aliphatic carbocycles. The molecule has 148 valence electrons. The fourth-order valence-corrected chi connectivity index (χ4v) is 5.97. The Morgan fingerprint density at radius 2 is 2.07 bits per heavy atom. The van der Waals surface area contributed by atoms with Crippen LogP contribution in [0.5, 0.6) is 0 Å². The van der Waals surface area contributed by atoms with Gasteiger partial charge in [-0.15, -0.1) is 11.3 Å². The molecule has 1 atom stereocenters. The molecule has 2 amide bonds. The number of hydrogen-bond donors (Lipinski definition) is 0. The van der Waals surface area contributed by atoms with E-state index in [9.17, 15) is 9.59 Å². The molecular weight excluding hydrogens is 372 g/mol. The van der Waals surface area contributed by atoms with E-state index in [1.807, 2.05) is 28.0 Å². The van der Waals surface area contributed by atoms with Crippen molar-refractivity contribution < 1.29 is 14.3 Å². The zero-order valence-corrected chi connectivity index (χ0v) is 16.9. The molecule has 5 nitrogen and oxygen atoms in total. The smallest absolute Gasteiger partial charge is 0.263 e. The third-order valence-electron chi connectivity index (χ3n) is 6.60. The maximum atomic E-state index is 13.0. The van der Waals surface area contributed by atoms with Gasteiger partial charge in [-0.2, -0.15) is 0 Å². The lowest BCUT2D eigenvalue weighted by atomic mass is 9.77. The van der Waals surface area contributed by atoms with Crippen LogP contribution in [0.4, 0.5) is 0 Å². The molecule has 1 aromatic carbocycles. The molecule has 0 bridgehead atoms. The van der Waals surface area contributed by atoms with Crippen LogP contribution in [0, 0.1) is 5.41 Å². The average molecular weight is 399 g/mol. The molecule has 5 rings (SSSR count). The van der Waals surface area contributed by atoms with Gasteiger partial charge in [0.15, 0.2) is 0 Å². The van der Waals surface area contributed by atoms with E-state index < -0.39 is 0 Å². The number of benzene rings is 1. The Labute approximate surface area is 169 Å². The van der Waals surface area contributed by atoms with Crippen LogP contribution in [-0.2, 0) is 9.53 Å². The molecule has 0 unspecified atom stereocenters. The SMILES string of the molecule is O=C1CC2(CCN(C(=O)c3cc4ccccc4s3)CC2)CN1C[C@H]1CCCO1. The van der Waals surface area contributed by atoms with Gasteiger partial charge < -0.3 is 14.5 Å². The van der Waals surface area contributed by atoms with Crippen molar-refractivity contribution in [3.63, 3.8) is 0 Å². The van der Waals surface area contributed by atoms with Gasteiger partial charge in [0.05, 0.1) is 11.0 Å². The number of piperidine rings is 1. The Bertz CT molecular complexity index is 861. The van der Waals surface area contributed by atoms with Gasteiger partial charge in [-0.25, -0.2) is 0 Å². The quantitative estimate of drug-likeness (QED) is 0.795. The second kappa shape index (κ2) is 7.16. The summed E-state index contributed by atoms with van der Waals surface area (Å²) < 4.78 is 6.87. The molecule has 0 N–H and O–H groups in total. The first-order valence-electron chi connectivity index (χ1n) is 10.3. The number of fused-ring (bicyclic) bond motifs is 1. The summed E-state index contributed by atoms with van der Waals surface area (Å²) in [6.45, 7) is 3.89. The molecule has 1 aromatic heterocycles. The highest BCUT2D eigenvalue weighted by Gasteiger charge is 2.46. The highest BCUT2D eigenvalue weighted by atomic mass is 32.1. The summed E-state index contributed by atoms with van der Waals surface area (Å²) in [6.07, 6.45) is 4.84. The molecule has 3 aliphatic heterocycles. The predicted octanol–water partition coefficient (Wildman–Crippen LogP) is 3.54. The fourth-order valence-electron chi connectivity index (χ4n) is 4.94. The number of thiophene rings is 1. The lowest BCUT2D eigenvalue weighted by Crippen LogP contribution is -2.44. The number of carbonyl (C=O) groups excluding carboxylic acids is 2. The topological polar surface area (TPSA) is 49.9 Å². The summed E-state index contributed by atoms with van der Waals surface area (Å²) >= 11 is 1.57. The van der Waals surface area contributed by atoms with Crippen molar-refractivity contribution >= 4 is 33.2 Å². The Hall–Kier alpha value is -1.92. The molecule has 2 aromatic rings. The molecular formula is C22H26N2O3S. The van der Waals surface area contributed by atoms with E-state index in [2.05, 4.69) is 12.1 Å². The number of nitrogens with zero attached hydrogens (tertiary/aromatic N) is 2. The minimum atomic E-state index is 0.0482. The standard InChI is InChI=1S/C22H26N2O3S/c25-20-13-22(15-24(20)14-17-5-3-11-27-17)7-9-23(10-8-22)21(26)19-12-16-4-1-2-6-18(16)28-19/h1-2,4,6,12,17H,3,5,7-11,13-15H2/t17-/m1/s1. The second-order valence-corrected chi connectivity index (χ2v) is 9.61. The molecule has 3 fully saturated rings. The summed E-state index contributed by atoms with van der Waals surface area (Å²) in [7, 11) is 0. The summed E-state index contributed by atoms with van der Waals surface area (Å²) in [5.74, 6) is 0.399. The van der Waals surface area contributed by atoms with Crippen LogP contribution in [-0.4, -0.2) is 60.5 Å². The summed E-state index contributed by atoms with van der Waals surface area (Å²) in [4.78, 5) is 30.3. The first-order chi connectivity index (χ1) is 13.6. The molecule has 0 radical (unpaired) electrons. The number of amides is 2. The Morgan fingerprint density at radius 3 is 2.82 bits per heavy atom. The lowest BCUT2D eigenvalue weighted by Gasteiger charge is -2.38. The van der Waals surface area contributed by atoms with Crippen molar-refractivity contribution in [2.24, 2.45) is 5.41 Å². The highest BCUT2D eigenvalue weighted by Crippen LogP contribution is 2.42. The minimum absolute atomic E-state index is 0.0482. The number of ether oxygens (including phenoxy) is 1. The van der Waals surface area contributed by atoms with Gasteiger partial charge in [0.2, 0.25) is 5.91 Å². The Balaban J connectivity index is 1.22. The van der Waals surface area contributed by atoms with Crippen molar-refractivity contribution in [1.82, 2.24) is 9.80 Å². The van der Waals surface area contributed by atoms with Crippen molar-refractivity contribution in [3.05, 3.63) is 35.2 Å². The van der Waals surface area contributed by atoms with Crippen molar-refractivity contribution in [2.75, 3.05) is 32.8 Å². The van der Waals surface area contributed by atoms with Gasteiger partial charge in [0.1, 0.15) is 0 Å². The number of hydrogen-bond acceptors (Lipinski definition) is 4. The number of rotatable bonds is 3. The first kappa shape index (κ1) is 18.1. The fraction of sp³-hybridized carbons (Fsp3) is 0.545. The van der Waals surface area contributed by atoms with Crippen LogP contribution in [0.25, 0.3) is 10.1 Å². The van der Waals surface area contributed by atoms with Crippen LogP contribution in [0.1, 0.15) is 41.8 Å². The molecule has 6 heteroatoms. The van der Waals surface area contributed by atoms with Crippen LogP contribution < -0.4 is 0 Å². The van der Waals surface area contributed by atoms with Crippen LogP contribution in [0.15, 0.2) is 30.3 Å². The van der Waals surface area contributed by atoms with E-state index in [0.29, 0.717) is 6.42 Å². The molecule has 4 heterocycles. The maximum absolute atomic E-state index is 13.0. The second-order valence-electron chi connectivity index (χ2n) is 8.53. The summed E-state index contributed by atoms with van der Waals surface area (Å²) in [6, 6.07) is 10.1. The van der Waals surface area contributed by atoms with Crippen LogP contribution in [0.2, 0.25) is 0 Å². The average Bonchev–Trinajstić information content (AvgIpc) is 3.42. The monoisotopic (exact) mass is 398 g/mol. The normalized spacial score (nSPS) is 24.6. The third kappa shape index (κ3) is 3.33. The van der Waals surface area contributed by atoms with Crippen molar-refractivity contribution in [2.45, 2.75) is 38.2 Å². The molecule has 3 aliphatic rings. The van der Waals surface area contributed by atoms with E-state index in [1.165, 1.54) is 0 Å². The first-order valence-corrected chi connectivity index (χ1v) is 11.1. The van der Waals surface area contributed by atoms with Crippen molar-refractivity contribution in [3.8, 4) is 0 Å². The highest BCUT2D eigenvalue weighted by molar-refractivity contribution is 7.20. The molecule has 28 heavy (non-hydrogen) atoms. The van der Waals surface area contributed by atoms with Gasteiger partial charge in [-0.1, -0.05) is 18.2 Å². The van der Waals surface area contributed by atoms with Gasteiger partial charge >= 0.3 is 0 Å². The van der Waals surface area contributed by atoms with E-state index in [1.54, 1.807) is 11.3 Å². The summed E-state index contributed by atoms with van der Waals surface area (Å²) in [5.41, 5.74) is 0.0482. The van der Waals surface area contributed by atoms with Gasteiger partial charge in [-0.05, 0) is 43.2 Å². The van der Waals surface area contributed by atoms with Gasteiger partial charge in [0.25, 0.3) is 5.91 Å². The molecule has 0 saturated carbocycles. The lowest BCUT2D eigenvalue weighted by molar-refractivity contribution is -0.129. The molecule has 1 spiro atoms.